The highest BCUT2D eigenvalue weighted by molar-refractivity contribution is 5.93. The van der Waals surface area contributed by atoms with Gasteiger partial charge in [-0.1, -0.05) is 26.0 Å². The minimum atomic E-state index is -0.0860. The normalized spacial score (nSPS) is 17.1. The van der Waals surface area contributed by atoms with Crippen LogP contribution < -0.4 is 0 Å². The number of para-hydroxylation sites is 1. The number of hydrogen-bond donors (Lipinski definition) is 1. The highest BCUT2D eigenvalue weighted by Crippen LogP contribution is 2.33. The third-order valence-corrected chi connectivity index (χ3v) is 5.65. The molecular weight excluding hydrogens is 366 g/mol. The van der Waals surface area contributed by atoms with Gasteiger partial charge in [0, 0.05) is 6.54 Å². The van der Waals surface area contributed by atoms with Crippen molar-refractivity contribution in [1.29, 1.82) is 0 Å². The van der Waals surface area contributed by atoms with Crippen molar-refractivity contribution < 1.29 is 4.79 Å². The zero-order chi connectivity index (χ0) is 20.1. The van der Waals surface area contributed by atoms with E-state index in [9.17, 15) is 4.79 Å². The SMILES string of the molecule is Cc1cccc2[nH]c([C@H]3CCCN3C(=O)c3cc(C(C)C)n4ncnc4n3)nc12. The molecule has 8 heteroatoms. The average Bonchev–Trinajstić information content (AvgIpc) is 3.44. The minimum Gasteiger partial charge on any atom is -0.340 e. The number of carbonyl (C=O) groups excluding carboxylic acids is 1. The molecule has 5 rings (SSSR count). The van der Waals surface area contributed by atoms with Crippen LogP contribution in [0.2, 0.25) is 0 Å². The summed E-state index contributed by atoms with van der Waals surface area (Å²) in [5.41, 5.74) is 4.43. The predicted molar refractivity (Wildman–Crippen MR) is 109 cm³/mol. The number of likely N-dealkylation sites (tertiary alicyclic amines) is 1. The molecule has 1 fully saturated rings. The third-order valence-electron chi connectivity index (χ3n) is 5.65. The molecule has 4 aromatic rings. The highest BCUT2D eigenvalue weighted by Gasteiger charge is 2.34. The lowest BCUT2D eigenvalue weighted by molar-refractivity contribution is 0.0724. The zero-order valence-corrected chi connectivity index (χ0v) is 16.8. The number of carbonyl (C=O) groups is 1. The van der Waals surface area contributed by atoms with Gasteiger partial charge in [-0.3, -0.25) is 4.79 Å². The number of rotatable bonds is 3. The summed E-state index contributed by atoms with van der Waals surface area (Å²) in [6, 6.07) is 7.85. The van der Waals surface area contributed by atoms with Crippen LogP contribution in [0.5, 0.6) is 0 Å². The molecule has 148 valence electrons. The van der Waals surface area contributed by atoms with Crippen LogP contribution in [0.4, 0.5) is 0 Å². The Morgan fingerprint density at radius 2 is 2.14 bits per heavy atom. The van der Waals surface area contributed by atoms with Gasteiger partial charge in [-0.25, -0.2) is 14.5 Å². The summed E-state index contributed by atoms with van der Waals surface area (Å²) >= 11 is 0. The Morgan fingerprint density at radius 3 is 2.93 bits per heavy atom. The molecule has 1 amide bonds. The number of imidazole rings is 1. The van der Waals surface area contributed by atoms with E-state index in [4.69, 9.17) is 4.98 Å². The summed E-state index contributed by atoms with van der Waals surface area (Å²) in [7, 11) is 0. The van der Waals surface area contributed by atoms with E-state index in [1.807, 2.05) is 23.1 Å². The largest absolute Gasteiger partial charge is 0.340 e. The molecule has 4 heterocycles. The molecule has 0 radical (unpaired) electrons. The van der Waals surface area contributed by atoms with Crippen LogP contribution in [0, 0.1) is 6.92 Å². The zero-order valence-electron chi connectivity index (χ0n) is 16.8. The number of aryl methyl sites for hydroxylation is 1. The van der Waals surface area contributed by atoms with Gasteiger partial charge in [-0.2, -0.15) is 10.1 Å². The van der Waals surface area contributed by atoms with Crippen LogP contribution in [-0.4, -0.2) is 46.9 Å². The van der Waals surface area contributed by atoms with E-state index in [1.54, 1.807) is 4.52 Å². The first-order chi connectivity index (χ1) is 14.0. The molecule has 0 aliphatic carbocycles. The molecule has 1 aliphatic heterocycles. The van der Waals surface area contributed by atoms with Crippen LogP contribution >= 0.6 is 0 Å². The number of amides is 1. The van der Waals surface area contributed by atoms with Gasteiger partial charge in [0.15, 0.2) is 0 Å². The molecule has 1 saturated heterocycles. The Morgan fingerprint density at radius 1 is 1.28 bits per heavy atom. The van der Waals surface area contributed by atoms with Gasteiger partial charge >= 0.3 is 0 Å². The van der Waals surface area contributed by atoms with Crippen molar-refractivity contribution >= 4 is 22.7 Å². The molecular formula is C21H23N7O. The van der Waals surface area contributed by atoms with Crippen LogP contribution in [0.15, 0.2) is 30.6 Å². The number of nitrogens with zero attached hydrogens (tertiary/aromatic N) is 6. The molecule has 0 unspecified atom stereocenters. The Kier molecular flexibility index (Phi) is 4.08. The number of aromatic amines is 1. The van der Waals surface area contributed by atoms with Crippen molar-refractivity contribution in [2.45, 2.75) is 45.6 Å². The standard InChI is InChI=1S/C21H23N7O/c1-12(2)17-10-15(25-21-22-11-23-28(17)21)20(29)27-9-5-8-16(27)19-24-14-7-4-6-13(3)18(14)26-19/h4,6-7,10-12,16H,5,8-9H2,1-3H3,(H,24,26)/t16-/m1/s1. The topological polar surface area (TPSA) is 92.1 Å². The third kappa shape index (κ3) is 2.86. The van der Waals surface area contributed by atoms with Gasteiger partial charge in [0.25, 0.3) is 11.7 Å². The van der Waals surface area contributed by atoms with Crippen LogP contribution in [-0.2, 0) is 0 Å². The summed E-state index contributed by atoms with van der Waals surface area (Å²) < 4.78 is 1.70. The molecule has 0 spiro atoms. The van der Waals surface area contributed by atoms with Gasteiger partial charge in [-0.15, -0.1) is 0 Å². The van der Waals surface area contributed by atoms with Crippen molar-refractivity contribution in [3.8, 4) is 0 Å². The number of nitrogens with one attached hydrogen (secondary N) is 1. The maximum absolute atomic E-state index is 13.4. The van der Waals surface area contributed by atoms with E-state index in [2.05, 4.69) is 46.9 Å². The Hall–Kier alpha value is -3.29. The van der Waals surface area contributed by atoms with Gasteiger partial charge in [0.1, 0.15) is 17.8 Å². The maximum Gasteiger partial charge on any atom is 0.273 e. The lowest BCUT2D eigenvalue weighted by atomic mass is 10.1. The number of fused-ring (bicyclic) bond motifs is 2. The number of benzene rings is 1. The fourth-order valence-corrected chi connectivity index (χ4v) is 4.15. The summed E-state index contributed by atoms with van der Waals surface area (Å²) in [6.45, 7) is 6.88. The quantitative estimate of drug-likeness (QED) is 0.580. The van der Waals surface area contributed by atoms with Gasteiger partial charge in [0.2, 0.25) is 0 Å². The summed E-state index contributed by atoms with van der Waals surface area (Å²) in [4.78, 5) is 32.2. The van der Waals surface area contributed by atoms with E-state index in [-0.39, 0.29) is 17.9 Å². The van der Waals surface area contributed by atoms with E-state index in [1.165, 1.54) is 6.33 Å². The maximum atomic E-state index is 13.4. The first kappa shape index (κ1) is 17.8. The fraction of sp³-hybridized carbons (Fsp3) is 0.381. The monoisotopic (exact) mass is 389 g/mol. The van der Waals surface area contributed by atoms with Crippen molar-refractivity contribution in [2.75, 3.05) is 6.54 Å². The van der Waals surface area contributed by atoms with Crippen molar-refractivity contribution in [1.82, 2.24) is 34.4 Å². The van der Waals surface area contributed by atoms with E-state index < -0.39 is 0 Å². The van der Waals surface area contributed by atoms with Crippen molar-refractivity contribution in [3.05, 3.63) is 53.4 Å². The van der Waals surface area contributed by atoms with Gasteiger partial charge < -0.3 is 9.88 Å². The smallest absolute Gasteiger partial charge is 0.273 e. The number of aromatic nitrogens is 6. The van der Waals surface area contributed by atoms with E-state index >= 15 is 0 Å². The molecule has 1 aromatic carbocycles. The second-order valence-corrected chi connectivity index (χ2v) is 7.94. The summed E-state index contributed by atoms with van der Waals surface area (Å²) in [5, 5.41) is 4.24. The molecule has 29 heavy (non-hydrogen) atoms. The van der Waals surface area contributed by atoms with Gasteiger partial charge in [0.05, 0.1) is 22.8 Å². The average molecular weight is 389 g/mol. The lowest BCUT2D eigenvalue weighted by Gasteiger charge is -2.23. The minimum absolute atomic E-state index is 0.0762. The van der Waals surface area contributed by atoms with Gasteiger partial charge in [-0.05, 0) is 43.4 Å². The van der Waals surface area contributed by atoms with Crippen molar-refractivity contribution in [2.24, 2.45) is 0 Å². The highest BCUT2D eigenvalue weighted by atomic mass is 16.2. The molecule has 0 bridgehead atoms. The van der Waals surface area contributed by atoms with Crippen molar-refractivity contribution in [3.63, 3.8) is 0 Å². The second-order valence-electron chi connectivity index (χ2n) is 7.94. The molecule has 1 N–H and O–H groups in total. The molecule has 8 nitrogen and oxygen atoms in total. The molecule has 3 aromatic heterocycles. The van der Waals surface area contributed by atoms with E-state index in [0.29, 0.717) is 18.0 Å². The fourth-order valence-electron chi connectivity index (χ4n) is 4.15. The van der Waals surface area contributed by atoms with Crippen LogP contribution in [0.3, 0.4) is 0 Å². The predicted octanol–water partition coefficient (Wildman–Crippen LogP) is 3.41. The molecule has 1 aliphatic rings. The second kappa shape index (κ2) is 6.65. The molecule has 0 saturated carbocycles. The molecule has 1 atom stereocenters. The number of hydrogen-bond acceptors (Lipinski definition) is 5. The van der Waals surface area contributed by atoms with E-state index in [0.717, 1.165) is 41.0 Å². The Labute approximate surface area is 168 Å². The lowest BCUT2D eigenvalue weighted by Crippen LogP contribution is -2.32. The summed E-state index contributed by atoms with van der Waals surface area (Å²) in [6.07, 6.45) is 3.29. The first-order valence-electron chi connectivity index (χ1n) is 10.00. The number of H-pyrrole nitrogens is 1. The van der Waals surface area contributed by atoms with Crippen LogP contribution in [0.1, 0.15) is 66.2 Å². The Balaban J connectivity index is 1.53. The van der Waals surface area contributed by atoms with Crippen LogP contribution in [0.25, 0.3) is 16.8 Å². The first-order valence-corrected chi connectivity index (χ1v) is 10.00. The Bertz CT molecular complexity index is 1220. The summed E-state index contributed by atoms with van der Waals surface area (Å²) in [5.74, 6) is 1.40.